The number of amides is 1. The summed E-state index contributed by atoms with van der Waals surface area (Å²) in [7, 11) is 0. The predicted molar refractivity (Wildman–Crippen MR) is 102 cm³/mol. The van der Waals surface area contributed by atoms with E-state index in [1.54, 1.807) is 6.92 Å². The highest BCUT2D eigenvalue weighted by molar-refractivity contribution is 5.84. The van der Waals surface area contributed by atoms with E-state index >= 15 is 0 Å². The first kappa shape index (κ1) is 20.6. The molecule has 0 saturated carbocycles. The van der Waals surface area contributed by atoms with Crippen LogP contribution in [0.15, 0.2) is 24.3 Å². The summed E-state index contributed by atoms with van der Waals surface area (Å²) in [5.41, 5.74) is 1.78. The van der Waals surface area contributed by atoms with Gasteiger partial charge in [-0.25, -0.2) is 0 Å². The summed E-state index contributed by atoms with van der Waals surface area (Å²) < 4.78 is 0. The van der Waals surface area contributed by atoms with E-state index in [2.05, 4.69) is 31.0 Å². The van der Waals surface area contributed by atoms with E-state index in [-0.39, 0.29) is 17.7 Å². The second kappa shape index (κ2) is 10.4. The van der Waals surface area contributed by atoms with Gasteiger partial charge in [-0.1, -0.05) is 38.1 Å². The molecule has 0 radical (unpaired) electrons. The molecule has 8 heteroatoms. The Morgan fingerprint density at radius 2 is 1.70 bits per heavy atom. The van der Waals surface area contributed by atoms with Crippen molar-refractivity contribution in [2.45, 2.75) is 52.6 Å². The highest BCUT2D eigenvalue weighted by Crippen LogP contribution is 2.14. The third-order valence-electron chi connectivity index (χ3n) is 4.13. The number of carbonyl (C=O) groups is 2. The Morgan fingerprint density at radius 3 is 2.30 bits per heavy atom. The van der Waals surface area contributed by atoms with Crippen LogP contribution in [-0.4, -0.2) is 44.7 Å². The van der Waals surface area contributed by atoms with Gasteiger partial charge in [0.2, 0.25) is 11.7 Å². The lowest BCUT2D eigenvalue weighted by molar-refractivity contribution is -0.122. The first-order chi connectivity index (χ1) is 13.0. The topological polar surface area (TPSA) is 110 Å². The van der Waals surface area contributed by atoms with Crippen molar-refractivity contribution >= 4 is 11.7 Å². The Bertz CT molecular complexity index is 746. The van der Waals surface area contributed by atoms with Crippen LogP contribution in [0.1, 0.15) is 44.5 Å². The lowest BCUT2D eigenvalue weighted by atomic mass is 10.0. The average molecular weight is 370 g/mol. The molecule has 0 saturated heterocycles. The largest absolute Gasteiger partial charge is 0.352 e. The number of likely N-dealkylation sites (N-methyl/N-ethyl adjacent to an activating group) is 1. The van der Waals surface area contributed by atoms with E-state index in [1.807, 2.05) is 38.1 Å². The molecule has 0 aliphatic carbocycles. The third-order valence-corrected chi connectivity index (χ3v) is 4.13. The summed E-state index contributed by atoms with van der Waals surface area (Å²) in [5, 5.41) is 21.8. The quantitative estimate of drug-likeness (QED) is 0.653. The molecule has 0 aliphatic rings. The molecule has 1 aromatic carbocycles. The summed E-state index contributed by atoms with van der Waals surface area (Å²) in [6.07, 6.45) is 1.30. The SMILES string of the molecule is CCNC(CCC(=O)NCc1ccc(-c2nnc(C)nn2)cc1)C(=O)CC. The maximum Gasteiger partial charge on any atom is 0.220 e. The highest BCUT2D eigenvalue weighted by atomic mass is 16.1. The van der Waals surface area contributed by atoms with E-state index in [4.69, 9.17) is 0 Å². The van der Waals surface area contributed by atoms with E-state index in [0.717, 1.165) is 11.1 Å². The molecule has 2 N–H and O–H groups in total. The molecule has 144 valence electrons. The van der Waals surface area contributed by atoms with Crippen LogP contribution in [0.5, 0.6) is 0 Å². The number of aromatic nitrogens is 4. The number of benzene rings is 1. The number of carbonyl (C=O) groups excluding carboxylic acids is 2. The lowest BCUT2D eigenvalue weighted by Crippen LogP contribution is -2.37. The number of aryl methyl sites for hydroxylation is 1. The van der Waals surface area contributed by atoms with Crippen LogP contribution in [0, 0.1) is 6.92 Å². The molecule has 27 heavy (non-hydrogen) atoms. The molecule has 0 bridgehead atoms. The van der Waals surface area contributed by atoms with Crippen molar-refractivity contribution < 1.29 is 9.59 Å². The van der Waals surface area contributed by atoms with Crippen molar-refractivity contribution in [3.63, 3.8) is 0 Å². The molecule has 0 spiro atoms. The van der Waals surface area contributed by atoms with E-state index in [0.29, 0.717) is 44.0 Å². The summed E-state index contributed by atoms with van der Waals surface area (Å²) >= 11 is 0. The van der Waals surface area contributed by atoms with Crippen molar-refractivity contribution in [2.75, 3.05) is 6.54 Å². The van der Waals surface area contributed by atoms with Crippen LogP contribution in [0.4, 0.5) is 0 Å². The van der Waals surface area contributed by atoms with Gasteiger partial charge in [-0.15, -0.1) is 20.4 Å². The molecule has 2 aromatic rings. The fraction of sp³-hybridized carbons (Fsp3) is 0.474. The molecular formula is C19H26N6O2. The maximum atomic E-state index is 12.1. The van der Waals surface area contributed by atoms with Crippen molar-refractivity contribution in [3.8, 4) is 11.4 Å². The normalized spacial score (nSPS) is 11.8. The minimum Gasteiger partial charge on any atom is -0.352 e. The number of rotatable bonds is 10. The van der Waals surface area contributed by atoms with Gasteiger partial charge in [0.25, 0.3) is 0 Å². The molecule has 0 aliphatic heterocycles. The molecule has 1 heterocycles. The van der Waals surface area contributed by atoms with Crippen LogP contribution in [0.25, 0.3) is 11.4 Å². The van der Waals surface area contributed by atoms with Gasteiger partial charge in [-0.05, 0) is 25.5 Å². The zero-order valence-electron chi connectivity index (χ0n) is 16.0. The van der Waals surface area contributed by atoms with Crippen LogP contribution in [0.2, 0.25) is 0 Å². The Morgan fingerprint density at radius 1 is 1.04 bits per heavy atom. The summed E-state index contributed by atoms with van der Waals surface area (Å²) in [4.78, 5) is 23.9. The Hall–Kier alpha value is -2.74. The van der Waals surface area contributed by atoms with Crippen molar-refractivity contribution in [1.29, 1.82) is 0 Å². The number of nitrogens with zero attached hydrogens (tertiary/aromatic N) is 4. The second-order valence-electron chi connectivity index (χ2n) is 6.21. The van der Waals surface area contributed by atoms with Crippen LogP contribution in [0.3, 0.4) is 0 Å². The van der Waals surface area contributed by atoms with Gasteiger partial charge in [0.1, 0.15) is 5.78 Å². The third kappa shape index (κ3) is 6.49. The van der Waals surface area contributed by atoms with Gasteiger partial charge < -0.3 is 10.6 Å². The average Bonchev–Trinajstić information content (AvgIpc) is 2.70. The molecule has 1 atom stereocenters. The molecular weight excluding hydrogens is 344 g/mol. The van der Waals surface area contributed by atoms with Gasteiger partial charge in [0.15, 0.2) is 5.82 Å². The van der Waals surface area contributed by atoms with Gasteiger partial charge >= 0.3 is 0 Å². The van der Waals surface area contributed by atoms with Crippen LogP contribution in [-0.2, 0) is 16.1 Å². The lowest BCUT2D eigenvalue weighted by Gasteiger charge is -2.15. The maximum absolute atomic E-state index is 12.1. The number of hydrogen-bond donors (Lipinski definition) is 2. The summed E-state index contributed by atoms with van der Waals surface area (Å²) in [6.45, 7) is 6.66. The van der Waals surface area contributed by atoms with Crippen molar-refractivity contribution in [3.05, 3.63) is 35.7 Å². The van der Waals surface area contributed by atoms with Gasteiger partial charge in [0, 0.05) is 24.9 Å². The zero-order chi connectivity index (χ0) is 19.6. The standard InChI is InChI=1S/C19H26N6O2/c1-4-17(26)16(20-5-2)10-11-18(27)21-12-14-6-8-15(9-7-14)19-24-22-13(3)23-25-19/h6-9,16,20H,4-5,10-12H2,1-3H3,(H,21,27). The minimum absolute atomic E-state index is 0.0684. The summed E-state index contributed by atoms with van der Waals surface area (Å²) in [5.74, 6) is 1.06. The molecule has 8 nitrogen and oxygen atoms in total. The number of nitrogens with one attached hydrogen (secondary N) is 2. The van der Waals surface area contributed by atoms with E-state index < -0.39 is 0 Å². The number of hydrogen-bond acceptors (Lipinski definition) is 7. The van der Waals surface area contributed by atoms with Crippen LogP contribution >= 0.6 is 0 Å². The van der Waals surface area contributed by atoms with Crippen molar-refractivity contribution in [1.82, 2.24) is 31.0 Å². The molecule has 1 aromatic heterocycles. The smallest absolute Gasteiger partial charge is 0.220 e. The monoisotopic (exact) mass is 370 g/mol. The summed E-state index contributed by atoms with van der Waals surface area (Å²) in [6, 6.07) is 7.30. The van der Waals surface area contributed by atoms with Crippen molar-refractivity contribution in [2.24, 2.45) is 0 Å². The molecule has 1 unspecified atom stereocenters. The number of Topliss-reactive ketones (excluding diaryl/α,β-unsaturated/α-hetero) is 1. The number of ketones is 1. The Kier molecular flexibility index (Phi) is 7.94. The first-order valence-corrected chi connectivity index (χ1v) is 9.19. The molecule has 2 rings (SSSR count). The zero-order valence-corrected chi connectivity index (χ0v) is 16.0. The Labute approximate surface area is 159 Å². The van der Waals surface area contributed by atoms with E-state index in [1.165, 1.54) is 0 Å². The predicted octanol–water partition coefficient (Wildman–Crippen LogP) is 1.60. The Balaban J connectivity index is 1.82. The second-order valence-corrected chi connectivity index (χ2v) is 6.21. The van der Waals surface area contributed by atoms with Gasteiger partial charge in [0.05, 0.1) is 6.04 Å². The van der Waals surface area contributed by atoms with Crippen LogP contribution < -0.4 is 10.6 Å². The van der Waals surface area contributed by atoms with Gasteiger partial charge in [-0.2, -0.15) is 0 Å². The first-order valence-electron chi connectivity index (χ1n) is 9.19. The van der Waals surface area contributed by atoms with Gasteiger partial charge in [-0.3, -0.25) is 9.59 Å². The minimum atomic E-state index is -0.248. The molecule has 0 fully saturated rings. The molecule has 1 amide bonds. The van der Waals surface area contributed by atoms with E-state index in [9.17, 15) is 9.59 Å². The fourth-order valence-corrected chi connectivity index (χ4v) is 2.60. The highest BCUT2D eigenvalue weighted by Gasteiger charge is 2.16. The fourth-order valence-electron chi connectivity index (χ4n) is 2.60.